The summed E-state index contributed by atoms with van der Waals surface area (Å²) < 4.78 is 18.8. The van der Waals surface area contributed by atoms with Crippen LogP contribution in [0.1, 0.15) is 26.2 Å². The van der Waals surface area contributed by atoms with E-state index >= 15 is 0 Å². The fraction of sp³-hybridized carbons (Fsp3) is 0.600. The van der Waals surface area contributed by atoms with Crippen LogP contribution in [0.5, 0.6) is 5.75 Å². The van der Waals surface area contributed by atoms with E-state index in [9.17, 15) is 4.39 Å². The third-order valence-electron chi connectivity index (χ3n) is 3.57. The summed E-state index contributed by atoms with van der Waals surface area (Å²) in [4.78, 5) is 0. The first-order chi connectivity index (χ1) is 9.29. The molecule has 0 unspecified atom stereocenters. The number of rotatable bonds is 6. The van der Waals surface area contributed by atoms with E-state index in [0.717, 1.165) is 37.7 Å². The molecule has 0 bridgehead atoms. The van der Waals surface area contributed by atoms with E-state index in [1.165, 1.54) is 18.9 Å². The Balaban J connectivity index is 1.77. The van der Waals surface area contributed by atoms with Crippen LogP contribution in [0.15, 0.2) is 18.2 Å². The van der Waals surface area contributed by atoms with E-state index in [2.05, 4.69) is 10.6 Å². The number of nitrogens with one attached hydrogen (secondary N) is 2. The highest BCUT2D eigenvalue weighted by atomic mass is 19.1. The maximum atomic E-state index is 13.6. The van der Waals surface area contributed by atoms with Crippen molar-refractivity contribution in [3.8, 4) is 5.75 Å². The molecule has 1 aliphatic heterocycles. The molecule has 0 aromatic heterocycles. The Bertz CT molecular complexity index is 392. The lowest BCUT2D eigenvalue weighted by Crippen LogP contribution is -2.28. The Hall–Kier alpha value is -1.29. The van der Waals surface area contributed by atoms with Gasteiger partial charge in [-0.15, -0.1) is 0 Å². The minimum atomic E-state index is -0.297. The van der Waals surface area contributed by atoms with Crippen molar-refractivity contribution in [2.75, 3.05) is 31.6 Å². The molecule has 106 valence electrons. The highest BCUT2D eigenvalue weighted by Crippen LogP contribution is 2.22. The number of benzene rings is 1. The van der Waals surface area contributed by atoms with Gasteiger partial charge in [-0.3, -0.25) is 0 Å². The standard InChI is InChI=1S/C15H23FN2O/c1-2-19-15-4-3-13(11-14(15)16)18-10-7-12-5-8-17-9-6-12/h3-4,11-12,17-18H,2,5-10H2,1H3. The fourth-order valence-corrected chi connectivity index (χ4v) is 2.47. The average molecular weight is 266 g/mol. The van der Waals surface area contributed by atoms with Crippen LogP contribution >= 0.6 is 0 Å². The molecule has 4 heteroatoms. The van der Waals surface area contributed by atoms with Gasteiger partial charge in [-0.2, -0.15) is 0 Å². The summed E-state index contributed by atoms with van der Waals surface area (Å²) in [6, 6.07) is 5.07. The minimum absolute atomic E-state index is 0.297. The first-order valence-corrected chi connectivity index (χ1v) is 7.16. The number of piperidine rings is 1. The summed E-state index contributed by atoms with van der Waals surface area (Å²) in [5, 5.41) is 6.65. The van der Waals surface area contributed by atoms with Crippen molar-refractivity contribution in [2.24, 2.45) is 5.92 Å². The lowest BCUT2D eigenvalue weighted by Gasteiger charge is -2.22. The van der Waals surface area contributed by atoms with Crippen LogP contribution in [0, 0.1) is 11.7 Å². The van der Waals surface area contributed by atoms with Gasteiger partial charge in [-0.05, 0) is 57.3 Å². The molecule has 1 fully saturated rings. The van der Waals surface area contributed by atoms with E-state index in [0.29, 0.717) is 12.4 Å². The zero-order valence-electron chi connectivity index (χ0n) is 11.5. The predicted molar refractivity (Wildman–Crippen MR) is 76.3 cm³/mol. The Morgan fingerprint density at radius 2 is 2.16 bits per heavy atom. The smallest absolute Gasteiger partial charge is 0.167 e. The van der Waals surface area contributed by atoms with E-state index in [1.54, 1.807) is 6.07 Å². The molecule has 0 aliphatic carbocycles. The first-order valence-electron chi connectivity index (χ1n) is 7.16. The molecule has 3 nitrogen and oxygen atoms in total. The second-order valence-corrected chi connectivity index (χ2v) is 4.99. The predicted octanol–water partition coefficient (Wildman–Crippen LogP) is 3.03. The van der Waals surface area contributed by atoms with Crippen molar-refractivity contribution in [3.05, 3.63) is 24.0 Å². The maximum absolute atomic E-state index is 13.6. The normalized spacial score (nSPS) is 16.3. The fourth-order valence-electron chi connectivity index (χ4n) is 2.47. The molecular weight excluding hydrogens is 243 g/mol. The number of anilines is 1. The van der Waals surface area contributed by atoms with E-state index in [1.807, 2.05) is 13.0 Å². The van der Waals surface area contributed by atoms with Gasteiger partial charge in [0.15, 0.2) is 11.6 Å². The third kappa shape index (κ3) is 4.39. The van der Waals surface area contributed by atoms with Gasteiger partial charge in [0.05, 0.1) is 6.61 Å². The molecule has 1 aliphatic rings. The van der Waals surface area contributed by atoms with Crippen molar-refractivity contribution in [1.29, 1.82) is 0 Å². The van der Waals surface area contributed by atoms with Crippen LogP contribution in [0.25, 0.3) is 0 Å². The van der Waals surface area contributed by atoms with Crippen molar-refractivity contribution < 1.29 is 9.13 Å². The van der Waals surface area contributed by atoms with Gasteiger partial charge < -0.3 is 15.4 Å². The number of hydrogen-bond acceptors (Lipinski definition) is 3. The van der Waals surface area contributed by atoms with Crippen LogP contribution in [0.2, 0.25) is 0 Å². The highest BCUT2D eigenvalue weighted by molar-refractivity contribution is 5.47. The summed E-state index contributed by atoms with van der Waals surface area (Å²) in [6.07, 6.45) is 3.65. The molecule has 1 heterocycles. The summed E-state index contributed by atoms with van der Waals surface area (Å²) in [6.45, 7) is 5.49. The van der Waals surface area contributed by atoms with Crippen molar-refractivity contribution in [3.63, 3.8) is 0 Å². The summed E-state index contributed by atoms with van der Waals surface area (Å²) in [5.74, 6) is 0.821. The summed E-state index contributed by atoms with van der Waals surface area (Å²) in [7, 11) is 0. The molecule has 2 N–H and O–H groups in total. The van der Waals surface area contributed by atoms with Gasteiger partial charge in [-0.1, -0.05) is 0 Å². The van der Waals surface area contributed by atoms with Crippen molar-refractivity contribution >= 4 is 5.69 Å². The molecule has 1 aromatic carbocycles. The summed E-state index contributed by atoms with van der Waals surface area (Å²) in [5.41, 5.74) is 0.829. The molecule has 0 radical (unpaired) electrons. The van der Waals surface area contributed by atoms with Crippen molar-refractivity contribution in [2.45, 2.75) is 26.2 Å². The second-order valence-electron chi connectivity index (χ2n) is 4.99. The second kappa shape index (κ2) is 7.34. The number of ether oxygens (including phenoxy) is 1. The van der Waals surface area contributed by atoms with E-state index < -0.39 is 0 Å². The van der Waals surface area contributed by atoms with Crippen LogP contribution in [0.4, 0.5) is 10.1 Å². The van der Waals surface area contributed by atoms with Crippen LogP contribution in [0.3, 0.4) is 0 Å². The Morgan fingerprint density at radius 1 is 1.37 bits per heavy atom. The Labute approximate surface area is 114 Å². The first kappa shape index (κ1) is 14.1. The molecule has 2 rings (SSSR count). The van der Waals surface area contributed by atoms with E-state index in [4.69, 9.17) is 4.74 Å². The largest absolute Gasteiger partial charge is 0.491 e. The average Bonchev–Trinajstić information content (AvgIpc) is 2.43. The highest BCUT2D eigenvalue weighted by Gasteiger charge is 2.12. The molecule has 0 spiro atoms. The molecule has 0 amide bonds. The zero-order valence-corrected chi connectivity index (χ0v) is 11.5. The van der Waals surface area contributed by atoms with Gasteiger partial charge in [0.2, 0.25) is 0 Å². The molecule has 0 atom stereocenters. The van der Waals surface area contributed by atoms with Crippen LogP contribution < -0.4 is 15.4 Å². The lowest BCUT2D eigenvalue weighted by molar-refractivity contribution is 0.321. The molecular formula is C15H23FN2O. The molecule has 1 saturated heterocycles. The lowest BCUT2D eigenvalue weighted by atomic mass is 9.95. The van der Waals surface area contributed by atoms with Crippen LogP contribution in [-0.4, -0.2) is 26.2 Å². The zero-order chi connectivity index (χ0) is 13.5. The SMILES string of the molecule is CCOc1ccc(NCCC2CCNCC2)cc1F. The number of halogens is 1. The van der Waals surface area contributed by atoms with E-state index in [-0.39, 0.29) is 5.82 Å². The van der Waals surface area contributed by atoms with Gasteiger partial charge in [0.1, 0.15) is 0 Å². The third-order valence-corrected chi connectivity index (χ3v) is 3.57. The molecule has 19 heavy (non-hydrogen) atoms. The van der Waals surface area contributed by atoms with Gasteiger partial charge >= 0.3 is 0 Å². The quantitative estimate of drug-likeness (QED) is 0.830. The Morgan fingerprint density at radius 3 is 2.84 bits per heavy atom. The summed E-state index contributed by atoms with van der Waals surface area (Å²) >= 11 is 0. The van der Waals surface area contributed by atoms with Gasteiger partial charge in [0.25, 0.3) is 0 Å². The topological polar surface area (TPSA) is 33.3 Å². The Kier molecular flexibility index (Phi) is 5.45. The minimum Gasteiger partial charge on any atom is -0.491 e. The molecule has 1 aromatic rings. The monoisotopic (exact) mass is 266 g/mol. The van der Waals surface area contributed by atoms with Gasteiger partial charge in [0, 0.05) is 18.3 Å². The van der Waals surface area contributed by atoms with Crippen molar-refractivity contribution in [1.82, 2.24) is 5.32 Å². The van der Waals surface area contributed by atoms with Gasteiger partial charge in [-0.25, -0.2) is 4.39 Å². The van der Waals surface area contributed by atoms with Crippen LogP contribution in [-0.2, 0) is 0 Å². The number of hydrogen-bond donors (Lipinski definition) is 2. The molecule has 0 saturated carbocycles. The maximum Gasteiger partial charge on any atom is 0.167 e.